The van der Waals surface area contributed by atoms with Crippen molar-refractivity contribution in [1.29, 1.82) is 0 Å². The molecule has 33 heavy (non-hydrogen) atoms. The van der Waals surface area contributed by atoms with Gasteiger partial charge < -0.3 is 20.1 Å². The fourth-order valence-electron chi connectivity index (χ4n) is 4.10. The lowest BCUT2D eigenvalue weighted by Gasteiger charge is -2.19. The van der Waals surface area contributed by atoms with Crippen LogP contribution < -0.4 is 15.2 Å². The van der Waals surface area contributed by atoms with E-state index in [4.69, 9.17) is 15.2 Å². The number of likely N-dealkylation sites (tertiary alicyclic amines) is 1. The summed E-state index contributed by atoms with van der Waals surface area (Å²) in [5, 5.41) is 0. The fraction of sp³-hybridized carbons (Fsp3) is 0.280. The highest BCUT2D eigenvalue weighted by Crippen LogP contribution is 2.32. The lowest BCUT2D eigenvalue weighted by molar-refractivity contribution is 0.0790. The number of benzene rings is 2. The van der Waals surface area contributed by atoms with E-state index in [1.54, 1.807) is 27.2 Å². The Balaban J connectivity index is 1.60. The van der Waals surface area contributed by atoms with Gasteiger partial charge in [0.25, 0.3) is 11.8 Å². The fourth-order valence-corrected chi connectivity index (χ4v) is 4.10. The molecule has 0 aliphatic carbocycles. The summed E-state index contributed by atoms with van der Waals surface area (Å²) in [6, 6.07) is 13.1. The van der Waals surface area contributed by atoms with E-state index >= 15 is 0 Å². The molecule has 0 bridgehead atoms. The van der Waals surface area contributed by atoms with Crippen molar-refractivity contribution < 1.29 is 19.1 Å². The van der Waals surface area contributed by atoms with Crippen LogP contribution in [-0.4, -0.2) is 54.0 Å². The smallest absolute Gasteiger partial charge is 0.254 e. The van der Waals surface area contributed by atoms with Crippen LogP contribution in [0.1, 0.15) is 44.6 Å². The molecule has 0 unspecified atom stereocenters. The van der Waals surface area contributed by atoms with Crippen molar-refractivity contribution in [3.63, 3.8) is 0 Å². The first kappa shape index (κ1) is 22.3. The van der Waals surface area contributed by atoms with Crippen molar-refractivity contribution in [2.75, 3.05) is 27.3 Å². The molecule has 170 valence electrons. The Labute approximate surface area is 192 Å². The third-order valence-corrected chi connectivity index (χ3v) is 5.96. The van der Waals surface area contributed by atoms with Gasteiger partial charge in [-0.15, -0.1) is 0 Å². The average Bonchev–Trinajstić information content (AvgIpc) is 3.33. The van der Waals surface area contributed by atoms with Gasteiger partial charge in [-0.1, -0.05) is 12.1 Å². The number of rotatable bonds is 6. The van der Waals surface area contributed by atoms with Gasteiger partial charge >= 0.3 is 0 Å². The molecule has 2 aromatic carbocycles. The van der Waals surface area contributed by atoms with Gasteiger partial charge in [0.1, 0.15) is 17.3 Å². The van der Waals surface area contributed by atoms with Gasteiger partial charge in [-0.05, 0) is 54.8 Å². The summed E-state index contributed by atoms with van der Waals surface area (Å²) < 4.78 is 10.6. The van der Waals surface area contributed by atoms with E-state index in [0.29, 0.717) is 41.5 Å². The number of hydrogen-bond donors (Lipinski definition) is 1. The Morgan fingerprint density at radius 1 is 1.03 bits per heavy atom. The van der Waals surface area contributed by atoms with Gasteiger partial charge in [0.15, 0.2) is 0 Å². The highest BCUT2D eigenvalue weighted by molar-refractivity contribution is 6.01. The second-order valence-electron chi connectivity index (χ2n) is 7.97. The van der Waals surface area contributed by atoms with Gasteiger partial charge in [0.05, 0.1) is 31.0 Å². The Hall–Kier alpha value is -3.94. The van der Waals surface area contributed by atoms with E-state index < -0.39 is 5.91 Å². The summed E-state index contributed by atoms with van der Waals surface area (Å²) in [7, 11) is 3.20. The monoisotopic (exact) mass is 446 g/mol. The summed E-state index contributed by atoms with van der Waals surface area (Å²) >= 11 is 0. The van der Waals surface area contributed by atoms with Gasteiger partial charge in [0.2, 0.25) is 0 Å². The molecule has 8 nitrogen and oxygen atoms in total. The van der Waals surface area contributed by atoms with Crippen molar-refractivity contribution >= 4 is 11.8 Å². The number of aromatic nitrogens is 2. The van der Waals surface area contributed by atoms with E-state index in [-0.39, 0.29) is 11.8 Å². The van der Waals surface area contributed by atoms with Crippen LogP contribution in [0.15, 0.2) is 48.7 Å². The number of ether oxygens (including phenoxy) is 2. The number of nitrogens with zero attached hydrogens (tertiary/aromatic N) is 3. The molecule has 3 aromatic rings. The van der Waals surface area contributed by atoms with Crippen LogP contribution in [0.25, 0.3) is 11.1 Å². The second-order valence-corrected chi connectivity index (χ2v) is 7.97. The van der Waals surface area contributed by atoms with Crippen molar-refractivity contribution in [3.05, 3.63) is 71.3 Å². The SMILES string of the molecule is COc1ccc(-c2ccc(OC)cc2C(=O)N2CC[C@H](c3ncc(C(N)=O)c(C)n3)C2)cc1. The van der Waals surface area contributed by atoms with Crippen LogP contribution in [0.2, 0.25) is 0 Å². The minimum absolute atomic E-state index is 0.00961. The second kappa shape index (κ2) is 9.28. The molecule has 0 radical (unpaired) electrons. The summed E-state index contributed by atoms with van der Waals surface area (Å²) in [5.41, 5.74) is 8.53. The van der Waals surface area contributed by atoms with Gasteiger partial charge in [-0.3, -0.25) is 9.59 Å². The molecule has 1 saturated heterocycles. The Kier molecular flexibility index (Phi) is 6.26. The molecule has 0 spiro atoms. The van der Waals surface area contributed by atoms with Gasteiger partial charge in [-0.25, -0.2) is 9.97 Å². The third-order valence-electron chi connectivity index (χ3n) is 5.96. The first-order valence-electron chi connectivity index (χ1n) is 10.7. The highest BCUT2D eigenvalue weighted by Gasteiger charge is 2.31. The lowest BCUT2D eigenvalue weighted by Crippen LogP contribution is -2.29. The van der Waals surface area contributed by atoms with E-state index in [9.17, 15) is 9.59 Å². The Bertz CT molecular complexity index is 1190. The van der Waals surface area contributed by atoms with Crippen LogP contribution >= 0.6 is 0 Å². The maximum absolute atomic E-state index is 13.6. The molecule has 1 atom stereocenters. The van der Waals surface area contributed by atoms with Crippen LogP contribution in [0.3, 0.4) is 0 Å². The Morgan fingerprint density at radius 3 is 2.36 bits per heavy atom. The van der Waals surface area contributed by atoms with Gasteiger partial charge in [0, 0.05) is 25.2 Å². The largest absolute Gasteiger partial charge is 0.497 e. The van der Waals surface area contributed by atoms with Crippen molar-refractivity contribution in [3.8, 4) is 22.6 Å². The summed E-state index contributed by atoms with van der Waals surface area (Å²) in [4.78, 5) is 35.6. The van der Waals surface area contributed by atoms with Gasteiger partial charge in [-0.2, -0.15) is 0 Å². The molecule has 1 aromatic heterocycles. The molecular weight excluding hydrogens is 420 g/mol. The lowest BCUT2D eigenvalue weighted by atomic mass is 9.98. The minimum atomic E-state index is -0.550. The predicted octanol–water partition coefficient (Wildman–Crippen LogP) is 3.20. The van der Waals surface area contributed by atoms with Crippen LogP contribution in [0, 0.1) is 6.92 Å². The average molecular weight is 447 g/mol. The molecule has 2 heterocycles. The zero-order chi connectivity index (χ0) is 23.5. The first-order chi connectivity index (χ1) is 15.9. The van der Waals surface area contributed by atoms with Crippen LogP contribution in [0.5, 0.6) is 11.5 Å². The van der Waals surface area contributed by atoms with E-state index in [0.717, 1.165) is 23.3 Å². The van der Waals surface area contributed by atoms with Crippen molar-refractivity contribution in [1.82, 2.24) is 14.9 Å². The van der Waals surface area contributed by atoms with Crippen LogP contribution in [0.4, 0.5) is 0 Å². The zero-order valence-electron chi connectivity index (χ0n) is 18.9. The van der Waals surface area contributed by atoms with Crippen LogP contribution in [-0.2, 0) is 0 Å². The predicted molar refractivity (Wildman–Crippen MR) is 124 cm³/mol. The maximum atomic E-state index is 13.6. The quantitative estimate of drug-likeness (QED) is 0.623. The number of amides is 2. The molecule has 8 heteroatoms. The van der Waals surface area contributed by atoms with E-state index in [1.807, 2.05) is 41.3 Å². The highest BCUT2D eigenvalue weighted by atomic mass is 16.5. The number of aryl methyl sites for hydroxylation is 1. The Morgan fingerprint density at radius 2 is 1.73 bits per heavy atom. The van der Waals surface area contributed by atoms with E-state index in [1.165, 1.54) is 6.20 Å². The summed E-state index contributed by atoms with van der Waals surface area (Å²) in [6.45, 7) is 2.82. The number of methoxy groups -OCH3 is 2. The summed E-state index contributed by atoms with van der Waals surface area (Å²) in [6.07, 6.45) is 2.21. The minimum Gasteiger partial charge on any atom is -0.497 e. The molecule has 1 fully saturated rings. The molecule has 1 aliphatic rings. The molecule has 1 aliphatic heterocycles. The summed E-state index contributed by atoms with van der Waals surface area (Å²) in [5.74, 6) is 1.35. The normalized spacial score (nSPS) is 15.4. The molecule has 2 N–H and O–H groups in total. The number of primary amides is 1. The molecular formula is C25H26N4O4. The molecule has 2 amide bonds. The molecule has 4 rings (SSSR count). The van der Waals surface area contributed by atoms with E-state index in [2.05, 4.69) is 9.97 Å². The zero-order valence-corrected chi connectivity index (χ0v) is 18.9. The number of nitrogens with two attached hydrogens (primary N) is 1. The van der Waals surface area contributed by atoms with Crippen molar-refractivity contribution in [2.45, 2.75) is 19.3 Å². The molecule has 0 saturated carbocycles. The maximum Gasteiger partial charge on any atom is 0.254 e. The number of hydrogen-bond acceptors (Lipinski definition) is 6. The topological polar surface area (TPSA) is 108 Å². The standard InChI is InChI=1S/C25H26N4O4/c1-15-22(23(26)30)13-27-24(28-15)17-10-11-29(14-17)25(31)21-12-19(33-3)8-9-20(21)16-4-6-18(32-2)7-5-16/h4-9,12-13,17H,10-11,14H2,1-3H3,(H2,26,30)/t17-/m0/s1. The van der Waals surface area contributed by atoms with Crippen molar-refractivity contribution in [2.24, 2.45) is 5.73 Å². The first-order valence-corrected chi connectivity index (χ1v) is 10.7. The number of carbonyl (C=O) groups is 2. The third kappa shape index (κ3) is 4.50. The number of carbonyl (C=O) groups excluding carboxylic acids is 2.